The molecule has 2 aromatic heterocycles. The maximum atomic E-state index is 5.60. The molecule has 0 fully saturated rings. The van der Waals surface area contributed by atoms with Crippen LogP contribution in [0.2, 0.25) is 0 Å². The van der Waals surface area contributed by atoms with E-state index in [1.807, 2.05) is 26.1 Å². The van der Waals surface area contributed by atoms with Crippen LogP contribution in [0.25, 0.3) is 0 Å². The number of rotatable bonds is 3. The van der Waals surface area contributed by atoms with Crippen molar-refractivity contribution in [3.05, 3.63) is 39.9 Å². The van der Waals surface area contributed by atoms with E-state index >= 15 is 0 Å². The van der Waals surface area contributed by atoms with Gasteiger partial charge in [-0.25, -0.2) is 10.1 Å². The van der Waals surface area contributed by atoms with Gasteiger partial charge in [0.25, 0.3) is 0 Å². The highest BCUT2D eigenvalue weighted by molar-refractivity contribution is 9.10. The molecule has 0 amide bonds. The summed E-state index contributed by atoms with van der Waals surface area (Å²) in [5.74, 6) is 5.60. The van der Waals surface area contributed by atoms with Crippen LogP contribution in [0, 0.1) is 6.92 Å². The number of hydrogen-bond acceptors (Lipinski definition) is 5. The third-order valence-corrected chi connectivity index (χ3v) is 3.06. The predicted molar refractivity (Wildman–Crippen MR) is 66.8 cm³/mol. The zero-order chi connectivity index (χ0) is 12.4. The van der Waals surface area contributed by atoms with Crippen molar-refractivity contribution in [1.82, 2.24) is 25.4 Å². The van der Waals surface area contributed by atoms with Crippen molar-refractivity contribution in [3.8, 4) is 0 Å². The van der Waals surface area contributed by atoms with Gasteiger partial charge in [-0.05, 0) is 40.5 Å². The summed E-state index contributed by atoms with van der Waals surface area (Å²) < 4.78 is 2.32. The van der Waals surface area contributed by atoms with Crippen molar-refractivity contribution in [2.75, 3.05) is 0 Å². The van der Waals surface area contributed by atoms with Crippen molar-refractivity contribution < 1.29 is 0 Å². The quantitative estimate of drug-likeness (QED) is 0.648. The Labute approximate surface area is 107 Å². The molecular formula is C10H13BrN6. The van der Waals surface area contributed by atoms with Crippen LogP contribution in [0.4, 0.5) is 0 Å². The van der Waals surface area contributed by atoms with E-state index in [0.717, 1.165) is 17.0 Å². The van der Waals surface area contributed by atoms with Crippen LogP contribution < -0.4 is 11.3 Å². The third kappa shape index (κ3) is 2.36. The van der Waals surface area contributed by atoms with Gasteiger partial charge in [0.1, 0.15) is 6.04 Å². The SMILES string of the molecule is Cc1ccnc(C(NN)c2c(Br)nnn2C)c1. The second-order valence-corrected chi connectivity index (χ2v) is 4.50. The van der Waals surface area contributed by atoms with Gasteiger partial charge in [0, 0.05) is 13.2 Å². The fourth-order valence-electron chi connectivity index (χ4n) is 1.67. The molecule has 0 aromatic carbocycles. The van der Waals surface area contributed by atoms with E-state index in [0.29, 0.717) is 4.60 Å². The van der Waals surface area contributed by atoms with Crippen molar-refractivity contribution in [2.45, 2.75) is 13.0 Å². The van der Waals surface area contributed by atoms with Crippen LogP contribution in [-0.2, 0) is 7.05 Å². The van der Waals surface area contributed by atoms with E-state index in [2.05, 4.69) is 36.7 Å². The molecule has 0 spiro atoms. The topological polar surface area (TPSA) is 81.7 Å². The van der Waals surface area contributed by atoms with Gasteiger partial charge >= 0.3 is 0 Å². The molecular weight excluding hydrogens is 284 g/mol. The average molecular weight is 297 g/mol. The zero-order valence-electron chi connectivity index (χ0n) is 9.55. The predicted octanol–water partition coefficient (Wildman–Crippen LogP) is 0.834. The molecule has 2 rings (SSSR count). The van der Waals surface area contributed by atoms with E-state index in [1.165, 1.54) is 0 Å². The maximum absolute atomic E-state index is 5.60. The fraction of sp³-hybridized carbons (Fsp3) is 0.300. The Hall–Kier alpha value is -1.31. The number of hydrazine groups is 1. The molecule has 90 valence electrons. The first-order valence-electron chi connectivity index (χ1n) is 5.07. The first-order chi connectivity index (χ1) is 8.13. The maximum Gasteiger partial charge on any atom is 0.153 e. The highest BCUT2D eigenvalue weighted by atomic mass is 79.9. The molecule has 0 aliphatic heterocycles. The van der Waals surface area contributed by atoms with Crippen molar-refractivity contribution >= 4 is 15.9 Å². The smallest absolute Gasteiger partial charge is 0.153 e. The van der Waals surface area contributed by atoms with Crippen LogP contribution in [-0.4, -0.2) is 20.0 Å². The molecule has 0 radical (unpaired) electrons. The minimum Gasteiger partial charge on any atom is -0.270 e. The van der Waals surface area contributed by atoms with Gasteiger partial charge in [-0.1, -0.05) is 5.21 Å². The van der Waals surface area contributed by atoms with E-state index in [9.17, 15) is 0 Å². The summed E-state index contributed by atoms with van der Waals surface area (Å²) >= 11 is 3.36. The lowest BCUT2D eigenvalue weighted by molar-refractivity contribution is 0.558. The molecule has 17 heavy (non-hydrogen) atoms. The molecule has 2 aromatic rings. The summed E-state index contributed by atoms with van der Waals surface area (Å²) in [6.07, 6.45) is 1.76. The molecule has 1 atom stereocenters. The first kappa shape index (κ1) is 12.2. The van der Waals surface area contributed by atoms with Gasteiger partial charge in [-0.3, -0.25) is 10.8 Å². The molecule has 0 saturated heterocycles. The first-order valence-corrected chi connectivity index (χ1v) is 5.86. The molecule has 0 aliphatic carbocycles. The number of hydrogen-bond donors (Lipinski definition) is 2. The summed E-state index contributed by atoms with van der Waals surface area (Å²) in [6, 6.07) is 3.67. The standard InChI is InChI=1S/C10H13BrN6/c1-6-3-4-13-7(5-6)8(14-12)9-10(11)15-16-17(9)2/h3-5,8,14H,12H2,1-2H3. The number of aromatic nitrogens is 4. The summed E-state index contributed by atoms with van der Waals surface area (Å²) in [7, 11) is 1.81. The van der Waals surface area contributed by atoms with Gasteiger partial charge in [0.05, 0.1) is 11.4 Å². The normalized spacial score (nSPS) is 12.7. The average Bonchev–Trinajstić information content (AvgIpc) is 2.62. The molecule has 7 heteroatoms. The third-order valence-electron chi connectivity index (χ3n) is 2.50. The lowest BCUT2D eigenvalue weighted by Crippen LogP contribution is -2.31. The van der Waals surface area contributed by atoms with Crippen molar-refractivity contribution in [3.63, 3.8) is 0 Å². The van der Waals surface area contributed by atoms with E-state index in [4.69, 9.17) is 5.84 Å². The largest absolute Gasteiger partial charge is 0.270 e. The second-order valence-electron chi connectivity index (χ2n) is 3.75. The lowest BCUT2D eigenvalue weighted by Gasteiger charge is -2.15. The molecule has 0 aliphatic rings. The van der Waals surface area contributed by atoms with Crippen LogP contribution in [0.3, 0.4) is 0 Å². The molecule has 2 heterocycles. The Morgan fingerprint density at radius 3 is 2.82 bits per heavy atom. The Bertz CT molecular complexity index is 504. The Morgan fingerprint density at radius 2 is 2.29 bits per heavy atom. The minimum atomic E-state index is -0.246. The molecule has 6 nitrogen and oxygen atoms in total. The molecule has 3 N–H and O–H groups in total. The highest BCUT2D eigenvalue weighted by Crippen LogP contribution is 2.24. The minimum absolute atomic E-state index is 0.246. The van der Waals surface area contributed by atoms with E-state index in [1.54, 1.807) is 10.9 Å². The number of pyridine rings is 1. The van der Waals surface area contributed by atoms with Crippen molar-refractivity contribution in [1.29, 1.82) is 0 Å². The zero-order valence-corrected chi connectivity index (χ0v) is 11.1. The van der Waals surface area contributed by atoms with Crippen LogP contribution >= 0.6 is 15.9 Å². The Morgan fingerprint density at radius 1 is 1.53 bits per heavy atom. The number of nitrogens with zero attached hydrogens (tertiary/aromatic N) is 4. The second kappa shape index (κ2) is 4.91. The van der Waals surface area contributed by atoms with Crippen molar-refractivity contribution in [2.24, 2.45) is 12.9 Å². The van der Waals surface area contributed by atoms with Crippen LogP contribution in [0.1, 0.15) is 23.0 Å². The van der Waals surface area contributed by atoms with Gasteiger partial charge in [0.15, 0.2) is 4.60 Å². The number of nitrogens with one attached hydrogen (secondary N) is 1. The van der Waals surface area contributed by atoms with Gasteiger partial charge < -0.3 is 0 Å². The number of aryl methyl sites for hydroxylation is 2. The van der Waals surface area contributed by atoms with Crippen LogP contribution in [0.5, 0.6) is 0 Å². The molecule has 1 unspecified atom stereocenters. The Balaban J connectivity index is 2.47. The summed E-state index contributed by atoms with van der Waals surface area (Å²) in [5.41, 5.74) is 5.53. The van der Waals surface area contributed by atoms with Crippen LogP contribution in [0.15, 0.2) is 22.9 Å². The monoisotopic (exact) mass is 296 g/mol. The highest BCUT2D eigenvalue weighted by Gasteiger charge is 2.21. The van der Waals surface area contributed by atoms with E-state index < -0.39 is 0 Å². The summed E-state index contributed by atoms with van der Waals surface area (Å²) in [4.78, 5) is 4.32. The number of nitrogens with two attached hydrogens (primary N) is 1. The lowest BCUT2D eigenvalue weighted by atomic mass is 10.1. The molecule has 0 bridgehead atoms. The fourth-order valence-corrected chi connectivity index (χ4v) is 2.22. The Kier molecular flexibility index (Phi) is 3.51. The van der Waals surface area contributed by atoms with Gasteiger partial charge in [-0.2, -0.15) is 0 Å². The van der Waals surface area contributed by atoms with Gasteiger partial charge in [-0.15, -0.1) is 5.10 Å². The summed E-state index contributed by atoms with van der Waals surface area (Å²) in [6.45, 7) is 2.01. The van der Waals surface area contributed by atoms with E-state index in [-0.39, 0.29) is 6.04 Å². The van der Waals surface area contributed by atoms with Gasteiger partial charge in [0.2, 0.25) is 0 Å². The summed E-state index contributed by atoms with van der Waals surface area (Å²) in [5, 5.41) is 7.87. The number of halogens is 1. The molecule has 0 saturated carbocycles.